The van der Waals surface area contributed by atoms with Gasteiger partial charge in [-0.1, -0.05) is 0 Å². The highest BCUT2D eigenvalue weighted by atomic mass is 35.5. The highest BCUT2D eigenvalue weighted by Gasteiger charge is 2.08. The molecule has 1 aromatic heterocycles. The minimum atomic E-state index is -0.521. The van der Waals surface area contributed by atoms with E-state index in [4.69, 9.17) is 11.6 Å². The summed E-state index contributed by atoms with van der Waals surface area (Å²) in [6.45, 7) is 1.42. The van der Waals surface area contributed by atoms with Crippen molar-refractivity contribution < 1.29 is 9.59 Å². The van der Waals surface area contributed by atoms with Crippen LogP contribution in [0.1, 0.15) is 22.1 Å². The molecule has 76 valence electrons. The second-order valence-corrected chi connectivity index (χ2v) is 3.47. The summed E-state index contributed by atoms with van der Waals surface area (Å²) in [6.07, 6.45) is 1.53. The van der Waals surface area contributed by atoms with Crippen molar-refractivity contribution in [3.8, 4) is 0 Å². The lowest BCUT2D eigenvalue weighted by Crippen LogP contribution is -2.06. The molecule has 0 radical (unpaired) electrons. The van der Waals surface area contributed by atoms with Crippen molar-refractivity contribution in [1.82, 2.24) is 9.78 Å². The van der Waals surface area contributed by atoms with E-state index in [1.54, 1.807) is 18.2 Å². The first-order chi connectivity index (χ1) is 7.09. The molecule has 0 fully saturated rings. The van der Waals surface area contributed by atoms with Gasteiger partial charge in [-0.25, -0.2) is 4.68 Å². The predicted octanol–water partition coefficient (Wildman–Crippen LogP) is 2.08. The van der Waals surface area contributed by atoms with Crippen molar-refractivity contribution >= 4 is 33.7 Å². The summed E-state index contributed by atoms with van der Waals surface area (Å²) in [5, 5.41) is 4.11. The van der Waals surface area contributed by atoms with Gasteiger partial charge in [-0.3, -0.25) is 9.59 Å². The van der Waals surface area contributed by atoms with E-state index in [0.717, 1.165) is 5.39 Å². The van der Waals surface area contributed by atoms with Crippen LogP contribution in [0.25, 0.3) is 10.9 Å². The first kappa shape index (κ1) is 9.86. The van der Waals surface area contributed by atoms with Crippen LogP contribution in [0.4, 0.5) is 0 Å². The van der Waals surface area contributed by atoms with E-state index in [1.807, 2.05) is 0 Å². The van der Waals surface area contributed by atoms with E-state index in [9.17, 15) is 9.59 Å². The van der Waals surface area contributed by atoms with Gasteiger partial charge >= 0.3 is 0 Å². The highest BCUT2D eigenvalue weighted by Crippen LogP contribution is 2.16. The third-order valence-corrected chi connectivity index (χ3v) is 2.31. The molecule has 2 rings (SSSR count). The van der Waals surface area contributed by atoms with E-state index in [0.29, 0.717) is 11.1 Å². The van der Waals surface area contributed by atoms with E-state index in [-0.39, 0.29) is 5.91 Å². The predicted molar refractivity (Wildman–Crippen MR) is 56.2 cm³/mol. The molecule has 0 bridgehead atoms. The molecule has 5 heteroatoms. The average molecular weight is 223 g/mol. The zero-order valence-corrected chi connectivity index (χ0v) is 8.65. The lowest BCUT2D eigenvalue weighted by molar-refractivity contribution is 0.0926. The van der Waals surface area contributed by atoms with Crippen LogP contribution in [0.3, 0.4) is 0 Å². The number of benzene rings is 1. The summed E-state index contributed by atoms with van der Waals surface area (Å²) in [5.41, 5.74) is 1.07. The molecule has 0 amide bonds. The smallest absolute Gasteiger partial charge is 0.252 e. The number of fused-ring (bicyclic) bond motifs is 1. The molecule has 1 heterocycles. The van der Waals surface area contributed by atoms with Gasteiger partial charge in [0.1, 0.15) is 0 Å². The van der Waals surface area contributed by atoms with E-state index in [2.05, 4.69) is 5.10 Å². The Morgan fingerprint density at radius 2 is 2.13 bits per heavy atom. The number of aromatic nitrogens is 2. The standard InChI is InChI=1S/C10H7ClN2O2/c1-6(14)13-9-3-2-7(10(11)15)4-8(9)5-12-13/h2-5H,1H3. The molecule has 0 aliphatic heterocycles. The van der Waals surface area contributed by atoms with Crippen molar-refractivity contribution in [3.05, 3.63) is 30.0 Å². The van der Waals surface area contributed by atoms with Gasteiger partial charge < -0.3 is 0 Å². The maximum atomic E-state index is 11.1. The Morgan fingerprint density at radius 3 is 2.73 bits per heavy atom. The second-order valence-electron chi connectivity index (χ2n) is 3.12. The molecule has 1 aromatic carbocycles. The Hall–Kier alpha value is -1.68. The molecule has 0 N–H and O–H groups in total. The fourth-order valence-corrected chi connectivity index (χ4v) is 1.52. The number of hydrogen-bond acceptors (Lipinski definition) is 3. The van der Waals surface area contributed by atoms with Gasteiger partial charge in [-0.2, -0.15) is 5.10 Å². The van der Waals surface area contributed by atoms with Crippen molar-refractivity contribution in [3.63, 3.8) is 0 Å². The molecule has 0 saturated carbocycles. The minimum Gasteiger partial charge on any atom is -0.276 e. The molecular formula is C10H7ClN2O2. The quantitative estimate of drug-likeness (QED) is 0.694. The molecule has 0 atom stereocenters. The van der Waals surface area contributed by atoms with Gasteiger partial charge in [0.25, 0.3) is 5.24 Å². The summed E-state index contributed by atoms with van der Waals surface area (Å²) < 4.78 is 1.28. The number of rotatable bonds is 1. The zero-order chi connectivity index (χ0) is 11.0. The summed E-state index contributed by atoms with van der Waals surface area (Å²) in [4.78, 5) is 22.0. The number of carbonyl (C=O) groups excluding carboxylic acids is 2. The van der Waals surface area contributed by atoms with E-state index < -0.39 is 5.24 Å². The molecule has 0 aliphatic carbocycles. The maximum Gasteiger partial charge on any atom is 0.252 e. The highest BCUT2D eigenvalue weighted by molar-refractivity contribution is 6.67. The van der Waals surface area contributed by atoms with E-state index >= 15 is 0 Å². The average Bonchev–Trinajstić information content (AvgIpc) is 2.59. The van der Waals surface area contributed by atoms with Crippen LogP contribution in [0.15, 0.2) is 24.4 Å². The Labute approximate surface area is 90.4 Å². The lowest BCUT2D eigenvalue weighted by Gasteiger charge is -1.97. The fraction of sp³-hybridized carbons (Fsp3) is 0.100. The van der Waals surface area contributed by atoms with Crippen LogP contribution < -0.4 is 0 Å². The summed E-state index contributed by atoms with van der Waals surface area (Å²) >= 11 is 5.34. The molecule has 0 spiro atoms. The van der Waals surface area contributed by atoms with Gasteiger partial charge in [-0.05, 0) is 29.8 Å². The molecule has 4 nitrogen and oxygen atoms in total. The molecule has 0 aliphatic rings. The molecular weight excluding hydrogens is 216 g/mol. The van der Waals surface area contributed by atoms with E-state index in [1.165, 1.54) is 17.8 Å². The first-order valence-electron chi connectivity index (χ1n) is 4.28. The number of halogens is 1. The maximum absolute atomic E-state index is 11.1. The minimum absolute atomic E-state index is 0.171. The molecule has 0 saturated heterocycles. The summed E-state index contributed by atoms with van der Waals surface area (Å²) in [6, 6.07) is 4.83. The first-order valence-corrected chi connectivity index (χ1v) is 4.66. The van der Waals surface area contributed by atoms with Gasteiger partial charge in [-0.15, -0.1) is 0 Å². The Morgan fingerprint density at radius 1 is 1.40 bits per heavy atom. The van der Waals surface area contributed by atoms with Crippen molar-refractivity contribution in [2.45, 2.75) is 6.92 Å². The number of carbonyl (C=O) groups is 2. The monoisotopic (exact) mass is 222 g/mol. The SMILES string of the molecule is CC(=O)n1ncc2cc(C(=O)Cl)ccc21. The lowest BCUT2D eigenvalue weighted by atomic mass is 10.2. The summed E-state index contributed by atoms with van der Waals surface area (Å²) in [5.74, 6) is -0.171. The van der Waals surface area contributed by atoms with Crippen molar-refractivity contribution in [2.75, 3.05) is 0 Å². The summed E-state index contributed by atoms with van der Waals surface area (Å²) in [7, 11) is 0. The molecule has 0 unspecified atom stereocenters. The van der Waals surface area contributed by atoms with Gasteiger partial charge in [0.2, 0.25) is 5.91 Å². The van der Waals surface area contributed by atoms with Crippen LogP contribution in [-0.2, 0) is 0 Å². The van der Waals surface area contributed by atoms with Crippen LogP contribution >= 0.6 is 11.6 Å². The Balaban J connectivity index is 2.66. The Bertz CT molecular complexity index is 560. The van der Waals surface area contributed by atoms with Gasteiger partial charge in [0.05, 0.1) is 11.7 Å². The van der Waals surface area contributed by atoms with Crippen molar-refractivity contribution in [2.24, 2.45) is 0 Å². The third kappa shape index (κ3) is 1.64. The number of nitrogens with zero attached hydrogens (tertiary/aromatic N) is 2. The topological polar surface area (TPSA) is 52.0 Å². The largest absolute Gasteiger partial charge is 0.276 e. The van der Waals surface area contributed by atoms with Crippen molar-refractivity contribution in [1.29, 1.82) is 0 Å². The molecule has 2 aromatic rings. The second kappa shape index (κ2) is 3.47. The normalized spacial score (nSPS) is 10.5. The Kier molecular flexibility index (Phi) is 2.28. The van der Waals surface area contributed by atoms with Crippen LogP contribution in [0.2, 0.25) is 0 Å². The number of hydrogen-bond donors (Lipinski definition) is 0. The van der Waals surface area contributed by atoms with Gasteiger partial charge in [0.15, 0.2) is 0 Å². The third-order valence-electron chi connectivity index (χ3n) is 2.09. The van der Waals surface area contributed by atoms with Crippen LogP contribution in [0, 0.1) is 0 Å². The van der Waals surface area contributed by atoms with Gasteiger partial charge in [0, 0.05) is 17.9 Å². The molecule has 15 heavy (non-hydrogen) atoms. The van der Waals surface area contributed by atoms with Crippen LogP contribution in [-0.4, -0.2) is 20.9 Å². The van der Waals surface area contributed by atoms with Crippen LogP contribution in [0.5, 0.6) is 0 Å². The zero-order valence-electron chi connectivity index (χ0n) is 7.90. The fourth-order valence-electron chi connectivity index (χ4n) is 1.41.